The molecule has 2 aromatic rings. The van der Waals surface area contributed by atoms with Gasteiger partial charge in [-0.3, -0.25) is 9.89 Å². The first-order chi connectivity index (χ1) is 12.1. The molecule has 1 heterocycles. The lowest BCUT2D eigenvalue weighted by Crippen LogP contribution is -2.38. The number of aromatic nitrogens is 3. The second-order valence-electron chi connectivity index (χ2n) is 6.51. The van der Waals surface area contributed by atoms with E-state index in [9.17, 15) is 4.79 Å². The Hall–Kier alpha value is -2.02. The van der Waals surface area contributed by atoms with Gasteiger partial charge >= 0.3 is 0 Å². The number of H-pyrrole nitrogens is 1. The molecule has 0 atom stereocenters. The van der Waals surface area contributed by atoms with Crippen LogP contribution in [0.4, 0.5) is 0 Å². The maximum Gasteiger partial charge on any atom is 0.230 e. The van der Waals surface area contributed by atoms with Crippen molar-refractivity contribution in [2.75, 3.05) is 12.9 Å². The van der Waals surface area contributed by atoms with Gasteiger partial charge in [0, 0.05) is 11.6 Å². The van der Waals surface area contributed by atoms with E-state index in [0.717, 1.165) is 30.1 Å². The van der Waals surface area contributed by atoms with Crippen LogP contribution in [0.3, 0.4) is 0 Å². The van der Waals surface area contributed by atoms with Gasteiger partial charge in [-0.25, -0.2) is 4.98 Å². The van der Waals surface area contributed by atoms with Gasteiger partial charge in [0.1, 0.15) is 5.75 Å². The van der Waals surface area contributed by atoms with Crippen molar-refractivity contribution in [2.45, 2.75) is 43.8 Å². The SMILES string of the molecule is COc1ccc(-c2nc(SCC(=O)NC3CCC(C)CC3)n[nH]2)cc1. The number of nitrogens with zero attached hydrogens (tertiary/aromatic N) is 2. The number of hydrogen-bond donors (Lipinski definition) is 2. The van der Waals surface area contributed by atoms with Crippen LogP contribution in [0.1, 0.15) is 32.6 Å². The average molecular weight is 360 g/mol. The number of aromatic amines is 1. The summed E-state index contributed by atoms with van der Waals surface area (Å²) in [4.78, 5) is 16.5. The first-order valence-corrected chi connectivity index (χ1v) is 9.61. The smallest absolute Gasteiger partial charge is 0.230 e. The van der Waals surface area contributed by atoms with E-state index in [0.29, 0.717) is 22.8 Å². The highest BCUT2D eigenvalue weighted by Gasteiger charge is 2.20. The van der Waals surface area contributed by atoms with E-state index in [1.165, 1.54) is 24.6 Å². The molecule has 1 saturated carbocycles. The molecule has 1 aliphatic carbocycles. The van der Waals surface area contributed by atoms with Crippen LogP contribution in [-0.4, -0.2) is 40.0 Å². The fraction of sp³-hybridized carbons (Fsp3) is 0.500. The summed E-state index contributed by atoms with van der Waals surface area (Å²) in [5.41, 5.74) is 0.931. The molecule has 1 aromatic heterocycles. The van der Waals surface area contributed by atoms with Crippen LogP contribution in [0.2, 0.25) is 0 Å². The number of hydrogen-bond acceptors (Lipinski definition) is 5. The third-order valence-electron chi connectivity index (χ3n) is 4.54. The largest absolute Gasteiger partial charge is 0.497 e. The third-order valence-corrected chi connectivity index (χ3v) is 5.39. The van der Waals surface area contributed by atoms with Crippen molar-refractivity contribution < 1.29 is 9.53 Å². The van der Waals surface area contributed by atoms with Gasteiger partial charge in [-0.15, -0.1) is 5.10 Å². The first-order valence-electron chi connectivity index (χ1n) is 8.63. The number of carbonyl (C=O) groups excluding carboxylic acids is 1. The number of nitrogens with one attached hydrogen (secondary N) is 2. The third kappa shape index (κ3) is 4.98. The lowest BCUT2D eigenvalue weighted by atomic mass is 9.87. The van der Waals surface area contributed by atoms with Crippen molar-refractivity contribution in [3.8, 4) is 17.1 Å². The van der Waals surface area contributed by atoms with Crippen LogP contribution in [0.15, 0.2) is 29.4 Å². The Morgan fingerprint density at radius 3 is 2.68 bits per heavy atom. The number of methoxy groups -OCH3 is 1. The highest BCUT2D eigenvalue weighted by molar-refractivity contribution is 7.99. The van der Waals surface area contributed by atoms with E-state index in [1.54, 1.807) is 7.11 Å². The van der Waals surface area contributed by atoms with Crippen LogP contribution in [0, 0.1) is 5.92 Å². The van der Waals surface area contributed by atoms with E-state index in [4.69, 9.17) is 4.74 Å². The second-order valence-corrected chi connectivity index (χ2v) is 7.45. The minimum atomic E-state index is 0.0559. The second kappa shape index (κ2) is 8.38. The molecule has 0 spiro atoms. The summed E-state index contributed by atoms with van der Waals surface area (Å²) in [6, 6.07) is 7.92. The Bertz CT molecular complexity index is 693. The number of thioether (sulfide) groups is 1. The molecule has 7 heteroatoms. The van der Waals surface area contributed by atoms with Crippen molar-refractivity contribution in [3.05, 3.63) is 24.3 Å². The van der Waals surface area contributed by atoms with Crippen LogP contribution in [0.5, 0.6) is 5.75 Å². The number of amides is 1. The van der Waals surface area contributed by atoms with Crippen LogP contribution < -0.4 is 10.1 Å². The number of benzene rings is 1. The molecule has 0 aliphatic heterocycles. The summed E-state index contributed by atoms with van der Waals surface area (Å²) in [7, 11) is 1.64. The topological polar surface area (TPSA) is 79.9 Å². The fourth-order valence-electron chi connectivity index (χ4n) is 2.99. The zero-order valence-corrected chi connectivity index (χ0v) is 15.4. The zero-order valence-electron chi connectivity index (χ0n) is 14.6. The number of ether oxygens (including phenoxy) is 1. The van der Waals surface area contributed by atoms with Gasteiger partial charge in [0.2, 0.25) is 11.1 Å². The van der Waals surface area contributed by atoms with Crippen LogP contribution in [0.25, 0.3) is 11.4 Å². The summed E-state index contributed by atoms with van der Waals surface area (Å²) in [6.07, 6.45) is 4.56. The normalized spacial score (nSPS) is 20.2. The van der Waals surface area contributed by atoms with Crippen LogP contribution in [-0.2, 0) is 4.79 Å². The van der Waals surface area contributed by atoms with Gasteiger partial charge in [0.05, 0.1) is 12.9 Å². The standard InChI is InChI=1S/C18H24N4O2S/c1-12-3-7-14(8-4-12)19-16(23)11-25-18-20-17(21-22-18)13-5-9-15(24-2)10-6-13/h5-6,9-10,12,14H,3-4,7-8,11H2,1-2H3,(H,19,23)(H,20,21,22). The van der Waals surface area contributed by atoms with Crippen molar-refractivity contribution in [3.63, 3.8) is 0 Å². The Labute approximate surface area is 152 Å². The van der Waals surface area contributed by atoms with Crippen molar-refractivity contribution >= 4 is 17.7 Å². The minimum absolute atomic E-state index is 0.0559. The Morgan fingerprint density at radius 1 is 1.28 bits per heavy atom. The van der Waals surface area contributed by atoms with E-state index in [1.807, 2.05) is 24.3 Å². The molecule has 1 aromatic carbocycles. The predicted octanol–water partition coefficient (Wildman–Crippen LogP) is 3.27. The van der Waals surface area contributed by atoms with Crippen LogP contribution >= 0.6 is 11.8 Å². The quantitative estimate of drug-likeness (QED) is 0.773. The molecule has 6 nitrogen and oxygen atoms in total. The predicted molar refractivity (Wildman–Crippen MR) is 98.7 cm³/mol. The molecule has 1 aliphatic rings. The van der Waals surface area contributed by atoms with E-state index >= 15 is 0 Å². The summed E-state index contributed by atoms with van der Waals surface area (Å²) in [5.74, 6) is 2.66. The first kappa shape index (κ1) is 17.8. The summed E-state index contributed by atoms with van der Waals surface area (Å²) in [5, 5.41) is 10.8. The lowest BCUT2D eigenvalue weighted by molar-refractivity contribution is -0.119. The lowest BCUT2D eigenvalue weighted by Gasteiger charge is -2.26. The number of rotatable bonds is 6. The molecule has 1 fully saturated rings. The summed E-state index contributed by atoms with van der Waals surface area (Å²) < 4.78 is 5.15. The van der Waals surface area contributed by atoms with Gasteiger partial charge < -0.3 is 10.1 Å². The monoisotopic (exact) mass is 360 g/mol. The van der Waals surface area contributed by atoms with Gasteiger partial charge in [0.25, 0.3) is 0 Å². The minimum Gasteiger partial charge on any atom is -0.497 e. The molecule has 2 N–H and O–H groups in total. The Balaban J connectivity index is 1.48. The molecule has 0 saturated heterocycles. The highest BCUT2D eigenvalue weighted by atomic mass is 32.2. The van der Waals surface area contributed by atoms with Gasteiger partial charge in [-0.1, -0.05) is 18.7 Å². The fourth-order valence-corrected chi connectivity index (χ4v) is 3.60. The van der Waals surface area contributed by atoms with E-state index in [-0.39, 0.29) is 5.91 Å². The van der Waals surface area contributed by atoms with Crippen molar-refractivity contribution in [2.24, 2.45) is 5.92 Å². The Morgan fingerprint density at radius 2 is 2.00 bits per heavy atom. The molecule has 134 valence electrons. The average Bonchev–Trinajstić information content (AvgIpc) is 3.11. The van der Waals surface area contributed by atoms with Gasteiger partial charge in [0.15, 0.2) is 5.82 Å². The summed E-state index contributed by atoms with van der Waals surface area (Å²) in [6.45, 7) is 2.28. The van der Waals surface area contributed by atoms with Crippen molar-refractivity contribution in [1.29, 1.82) is 0 Å². The number of carbonyl (C=O) groups is 1. The molecule has 0 radical (unpaired) electrons. The molecule has 25 heavy (non-hydrogen) atoms. The molecule has 1 amide bonds. The van der Waals surface area contributed by atoms with Gasteiger partial charge in [-0.2, -0.15) is 0 Å². The zero-order chi connectivity index (χ0) is 17.6. The van der Waals surface area contributed by atoms with Crippen molar-refractivity contribution in [1.82, 2.24) is 20.5 Å². The molecule has 3 rings (SSSR count). The molecular weight excluding hydrogens is 336 g/mol. The summed E-state index contributed by atoms with van der Waals surface area (Å²) >= 11 is 1.35. The molecular formula is C18H24N4O2S. The maximum atomic E-state index is 12.1. The van der Waals surface area contributed by atoms with E-state index < -0.39 is 0 Å². The van der Waals surface area contributed by atoms with Gasteiger partial charge in [-0.05, 0) is 55.9 Å². The molecule has 0 bridgehead atoms. The maximum absolute atomic E-state index is 12.1. The molecule has 0 unspecified atom stereocenters. The highest BCUT2D eigenvalue weighted by Crippen LogP contribution is 2.24. The Kier molecular flexibility index (Phi) is 5.96. The van der Waals surface area contributed by atoms with E-state index in [2.05, 4.69) is 27.4 Å².